The van der Waals surface area contributed by atoms with Gasteiger partial charge in [0.25, 0.3) is 0 Å². The standard InChI is InChI=1S/C47H68N12O7S/c1-27(2)18-33(24-52-37(42(49)61)16-17-67-6)56-46(65)39(21-32-23-50-26-54-32)57-40(60)25-53-47(66)41(28(3)4)59-43(62)29(5)55-45(64)38(20-31-22-51-36-15-11-10-14-34(31)36)58-44(63)35(48)19-30-12-8-7-9-13-30/h7-15,22-23,26-29,33,35,37-39,41,51-52H,16-21,24-25,48H2,1-6H3,(H2,49,61)(H,50,54)(H,53,66)(H,55,64)(H,56,65)(H,57,60)(H,58,63)(H,59,62)/t29-,33?,35+,37?,38-,39-,41-/m0/s1. The molecule has 0 saturated heterocycles. The molecule has 0 radical (unpaired) electrons. The van der Waals surface area contributed by atoms with Crippen LogP contribution in [0.3, 0.4) is 0 Å². The molecule has 4 aromatic rings. The zero-order valence-corrected chi connectivity index (χ0v) is 40.0. The maximum atomic E-state index is 13.9. The van der Waals surface area contributed by atoms with Crippen molar-refractivity contribution in [3.63, 3.8) is 0 Å². The van der Waals surface area contributed by atoms with Gasteiger partial charge in [-0.25, -0.2) is 4.98 Å². The number of amides is 7. The lowest BCUT2D eigenvalue weighted by molar-refractivity contribution is -0.134. The van der Waals surface area contributed by atoms with E-state index in [1.54, 1.807) is 31.8 Å². The Balaban J connectivity index is 1.38. The van der Waals surface area contributed by atoms with Crippen LogP contribution >= 0.6 is 11.8 Å². The van der Waals surface area contributed by atoms with E-state index < -0.39 is 96.1 Å². The maximum absolute atomic E-state index is 13.9. The van der Waals surface area contributed by atoms with Crippen LogP contribution in [0.5, 0.6) is 0 Å². The number of benzene rings is 2. The molecule has 364 valence electrons. The number of para-hydroxylation sites is 1. The average molecular weight is 945 g/mol. The molecule has 4 rings (SSSR count). The van der Waals surface area contributed by atoms with Crippen molar-refractivity contribution in [2.24, 2.45) is 23.3 Å². The molecule has 0 bridgehead atoms. The normalized spacial score (nSPS) is 14.5. The lowest BCUT2D eigenvalue weighted by Gasteiger charge is -2.27. The first-order valence-corrected chi connectivity index (χ1v) is 24.0. The lowest BCUT2D eigenvalue weighted by atomic mass is 10.0. The van der Waals surface area contributed by atoms with Gasteiger partial charge in [-0.3, -0.25) is 33.6 Å². The number of H-pyrrole nitrogens is 2. The van der Waals surface area contributed by atoms with Gasteiger partial charge in [0.1, 0.15) is 24.2 Å². The number of nitrogens with one attached hydrogen (secondary N) is 9. The summed E-state index contributed by atoms with van der Waals surface area (Å²) in [6, 6.07) is 10.4. The molecule has 0 aliphatic heterocycles. The molecular weight excluding hydrogens is 877 g/mol. The lowest BCUT2D eigenvalue weighted by Crippen LogP contribution is -2.59. The topological polar surface area (TPSA) is 300 Å². The van der Waals surface area contributed by atoms with Crippen molar-refractivity contribution in [2.45, 2.75) is 109 Å². The van der Waals surface area contributed by atoms with Crippen LogP contribution in [0, 0.1) is 11.8 Å². The summed E-state index contributed by atoms with van der Waals surface area (Å²) in [6.07, 6.45) is 8.18. The molecule has 2 unspecified atom stereocenters. The molecule has 2 aromatic heterocycles. The van der Waals surface area contributed by atoms with Gasteiger partial charge in [0.05, 0.1) is 25.0 Å². The van der Waals surface area contributed by atoms with Crippen molar-refractivity contribution < 1.29 is 33.6 Å². The third-order valence-corrected chi connectivity index (χ3v) is 11.7. The molecule has 2 aromatic carbocycles. The van der Waals surface area contributed by atoms with Crippen LogP contribution < -0.4 is 48.7 Å². The molecule has 20 heteroatoms. The van der Waals surface area contributed by atoms with Gasteiger partial charge >= 0.3 is 0 Å². The predicted octanol–water partition coefficient (Wildman–Crippen LogP) is 0.705. The summed E-state index contributed by atoms with van der Waals surface area (Å²) in [6.45, 7) is 8.63. The van der Waals surface area contributed by atoms with Crippen molar-refractivity contribution >= 4 is 64.0 Å². The fourth-order valence-electron chi connectivity index (χ4n) is 7.44. The van der Waals surface area contributed by atoms with Crippen molar-refractivity contribution in [1.82, 2.24) is 52.2 Å². The van der Waals surface area contributed by atoms with Crippen LogP contribution in [0.15, 0.2) is 73.3 Å². The predicted molar refractivity (Wildman–Crippen MR) is 259 cm³/mol. The smallest absolute Gasteiger partial charge is 0.243 e. The van der Waals surface area contributed by atoms with E-state index in [-0.39, 0.29) is 31.7 Å². The Morgan fingerprint density at radius 2 is 1.42 bits per heavy atom. The van der Waals surface area contributed by atoms with E-state index in [1.165, 1.54) is 19.4 Å². The molecule has 67 heavy (non-hydrogen) atoms. The highest BCUT2D eigenvalue weighted by molar-refractivity contribution is 7.98. The molecule has 0 aliphatic rings. The van der Waals surface area contributed by atoms with E-state index in [0.29, 0.717) is 18.5 Å². The summed E-state index contributed by atoms with van der Waals surface area (Å²) >= 11 is 1.59. The second-order valence-electron chi connectivity index (χ2n) is 17.5. The minimum atomic E-state index is -1.15. The van der Waals surface area contributed by atoms with Gasteiger partial charge in [-0.1, -0.05) is 76.2 Å². The Kier molecular flexibility index (Phi) is 21.3. The number of imidazole rings is 1. The zero-order valence-electron chi connectivity index (χ0n) is 39.1. The number of nitrogens with two attached hydrogens (primary N) is 2. The molecular formula is C47H68N12O7S. The van der Waals surface area contributed by atoms with Crippen molar-refractivity contribution in [2.75, 3.05) is 25.1 Å². The molecule has 13 N–H and O–H groups in total. The van der Waals surface area contributed by atoms with E-state index in [0.717, 1.165) is 27.8 Å². The number of hydrogen-bond acceptors (Lipinski definition) is 11. The number of primary amides is 1. The summed E-state index contributed by atoms with van der Waals surface area (Å²) in [4.78, 5) is 104. The summed E-state index contributed by atoms with van der Waals surface area (Å²) in [5.41, 5.74) is 15.0. The second kappa shape index (κ2) is 26.8. The molecule has 0 saturated carbocycles. The number of hydrogen-bond donors (Lipinski definition) is 11. The van der Waals surface area contributed by atoms with Crippen LogP contribution in [0.25, 0.3) is 10.9 Å². The third-order valence-electron chi connectivity index (χ3n) is 11.1. The van der Waals surface area contributed by atoms with Gasteiger partial charge < -0.3 is 58.7 Å². The van der Waals surface area contributed by atoms with E-state index in [1.807, 2.05) is 74.7 Å². The number of carbonyl (C=O) groups is 7. The minimum Gasteiger partial charge on any atom is -0.368 e. The zero-order chi connectivity index (χ0) is 49.0. The van der Waals surface area contributed by atoms with E-state index in [4.69, 9.17) is 11.5 Å². The molecule has 0 spiro atoms. The van der Waals surface area contributed by atoms with E-state index in [9.17, 15) is 33.6 Å². The van der Waals surface area contributed by atoms with Gasteiger partial charge in [0.2, 0.25) is 41.4 Å². The van der Waals surface area contributed by atoms with Crippen molar-refractivity contribution in [3.8, 4) is 0 Å². The van der Waals surface area contributed by atoms with Crippen LogP contribution in [0.1, 0.15) is 64.3 Å². The molecule has 19 nitrogen and oxygen atoms in total. The van der Waals surface area contributed by atoms with Gasteiger partial charge in [-0.15, -0.1) is 0 Å². The van der Waals surface area contributed by atoms with Gasteiger partial charge in [0.15, 0.2) is 0 Å². The fraction of sp³-hybridized carbons (Fsp3) is 0.489. The number of aromatic nitrogens is 3. The van der Waals surface area contributed by atoms with Gasteiger partial charge in [-0.2, -0.15) is 11.8 Å². The van der Waals surface area contributed by atoms with Gasteiger partial charge in [-0.05, 0) is 67.2 Å². The van der Waals surface area contributed by atoms with Crippen LogP contribution in [-0.2, 0) is 52.8 Å². The summed E-state index contributed by atoms with van der Waals surface area (Å²) in [5, 5.41) is 20.5. The largest absolute Gasteiger partial charge is 0.368 e. The van der Waals surface area contributed by atoms with Crippen molar-refractivity contribution in [1.29, 1.82) is 0 Å². The fourth-order valence-corrected chi connectivity index (χ4v) is 7.91. The molecule has 2 heterocycles. The third kappa shape index (κ3) is 17.5. The molecule has 7 atom stereocenters. The number of nitrogens with zero attached hydrogens (tertiary/aromatic N) is 1. The highest BCUT2D eigenvalue weighted by Crippen LogP contribution is 2.20. The first kappa shape index (κ1) is 53.4. The number of fused-ring (bicyclic) bond motifs is 1. The van der Waals surface area contributed by atoms with Crippen LogP contribution in [0.4, 0.5) is 0 Å². The number of thioether (sulfide) groups is 1. The highest BCUT2D eigenvalue weighted by Gasteiger charge is 2.32. The van der Waals surface area contributed by atoms with Crippen molar-refractivity contribution in [3.05, 3.63) is 90.1 Å². The Morgan fingerprint density at radius 3 is 2.07 bits per heavy atom. The summed E-state index contributed by atoms with van der Waals surface area (Å²) < 4.78 is 0. The number of carbonyl (C=O) groups excluding carboxylic acids is 7. The monoisotopic (exact) mass is 945 g/mol. The van der Waals surface area contributed by atoms with Crippen LogP contribution in [0.2, 0.25) is 0 Å². The number of rotatable bonds is 28. The summed E-state index contributed by atoms with van der Waals surface area (Å²) in [5.74, 6) is -3.72. The quantitative estimate of drug-likeness (QED) is 0.0377. The maximum Gasteiger partial charge on any atom is 0.243 e. The Bertz CT molecular complexity index is 2240. The Morgan fingerprint density at radius 1 is 0.731 bits per heavy atom. The second-order valence-corrected chi connectivity index (χ2v) is 18.5. The van der Waals surface area contributed by atoms with E-state index in [2.05, 4.69) is 52.2 Å². The SMILES string of the molecule is CSCCC(NCC(CC(C)C)NC(=O)[C@H](Cc1cnc[nH]1)NC(=O)CNC(=O)[C@@H](NC(=O)[C@H](C)NC(=O)[C@H](Cc1c[nH]c2ccccc12)NC(=O)[C@H](N)Cc1ccccc1)C(C)C)C(N)=O. The highest BCUT2D eigenvalue weighted by atomic mass is 32.2. The Hall–Kier alpha value is -6.25. The Labute approximate surface area is 396 Å². The first-order chi connectivity index (χ1) is 31.9. The van der Waals surface area contributed by atoms with E-state index >= 15 is 0 Å². The van der Waals surface area contributed by atoms with Gasteiger partial charge in [0, 0.05) is 54.4 Å². The molecule has 0 aliphatic carbocycles. The first-order valence-electron chi connectivity index (χ1n) is 22.6. The average Bonchev–Trinajstić information content (AvgIpc) is 3.96. The molecule has 7 amide bonds. The minimum absolute atomic E-state index is 0.0616. The summed E-state index contributed by atoms with van der Waals surface area (Å²) in [7, 11) is 0. The molecule has 0 fully saturated rings. The van der Waals surface area contributed by atoms with Crippen LogP contribution in [-0.4, -0.2) is 124 Å². The number of aromatic amines is 2.